The van der Waals surface area contributed by atoms with Gasteiger partial charge in [-0.1, -0.05) is 6.07 Å². The third kappa shape index (κ3) is 4.18. The predicted molar refractivity (Wildman–Crippen MR) is 92.8 cm³/mol. The maximum absolute atomic E-state index is 12.3. The Kier molecular flexibility index (Phi) is 5.91. The van der Waals surface area contributed by atoms with E-state index in [1.165, 1.54) is 0 Å². The molecule has 2 N–H and O–H groups in total. The molecule has 2 aromatic rings. The highest BCUT2D eigenvalue weighted by atomic mass is 16.1. The van der Waals surface area contributed by atoms with Crippen LogP contribution in [0, 0.1) is 0 Å². The number of aromatic nitrogens is 2. The number of carbonyl (C=O) groups is 1. The third-order valence-corrected chi connectivity index (χ3v) is 3.65. The number of nitrogens with one attached hydrogen (secondary N) is 2. The smallest absolute Gasteiger partial charge is 0.251 e. The van der Waals surface area contributed by atoms with Crippen molar-refractivity contribution in [2.24, 2.45) is 0 Å². The molecule has 23 heavy (non-hydrogen) atoms. The van der Waals surface area contributed by atoms with Gasteiger partial charge in [0.2, 0.25) is 0 Å². The Balaban J connectivity index is 2.10. The fraction of sp³-hybridized carbons (Fsp3) is 0.353. The standard InChI is InChI=1S/C17H23N5O/c1-4-22(5-2)16-14(7-6-9-20-16)12-21-17(23)13-8-10-19-15(11-13)18-3/h6-11H,4-5,12H2,1-3H3,(H,18,19)(H,21,23). The van der Waals surface area contributed by atoms with Gasteiger partial charge in [-0.3, -0.25) is 4.79 Å². The van der Waals surface area contributed by atoms with Crippen LogP contribution >= 0.6 is 0 Å². The number of pyridine rings is 2. The van der Waals surface area contributed by atoms with Gasteiger partial charge in [-0.25, -0.2) is 9.97 Å². The molecule has 0 unspecified atom stereocenters. The Hall–Kier alpha value is -2.63. The Labute approximate surface area is 137 Å². The normalized spacial score (nSPS) is 10.2. The summed E-state index contributed by atoms with van der Waals surface area (Å²) in [5, 5.41) is 5.88. The predicted octanol–water partition coefficient (Wildman–Crippen LogP) is 2.29. The van der Waals surface area contributed by atoms with Gasteiger partial charge in [0, 0.05) is 50.2 Å². The Morgan fingerprint density at radius 2 is 1.96 bits per heavy atom. The molecule has 0 aromatic carbocycles. The summed E-state index contributed by atoms with van der Waals surface area (Å²) in [6.07, 6.45) is 3.40. The van der Waals surface area contributed by atoms with Crippen LogP contribution in [0.3, 0.4) is 0 Å². The molecule has 0 saturated heterocycles. The van der Waals surface area contributed by atoms with Crippen LogP contribution in [0.2, 0.25) is 0 Å². The largest absolute Gasteiger partial charge is 0.373 e. The molecular weight excluding hydrogens is 290 g/mol. The molecule has 0 aliphatic carbocycles. The van der Waals surface area contributed by atoms with Crippen LogP contribution in [0.1, 0.15) is 29.8 Å². The van der Waals surface area contributed by atoms with Crippen molar-refractivity contribution in [1.29, 1.82) is 0 Å². The zero-order valence-electron chi connectivity index (χ0n) is 13.8. The van der Waals surface area contributed by atoms with Gasteiger partial charge in [0.05, 0.1) is 0 Å². The number of nitrogens with zero attached hydrogens (tertiary/aromatic N) is 3. The van der Waals surface area contributed by atoms with Crippen LogP contribution < -0.4 is 15.5 Å². The SMILES string of the molecule is CCN(CC)c1ncccc1CNC(=O)c1ccnc(NC)c1. The Morgan fingerprint density at radius 3 is 2.65 bits per heavy atom. The highest BCUT2D eigenvalue weighted by Crippen LogP contribution is 2.17. The van der Waals surface area contributed by atoms with E-state index >= 15 is 0 Å². The van der Waals surface area contributed by atoms with E-state index in [1.807, 2.05) is 12.1 Å². The fourth-order valence-electron chi connectivity index (χ4n) is 2.36. The molecule has 2 aromatic heterocycles. The van der Waals surface area contributed by atoms with Crippen LogP contribution in [0.15, 0.2) is 36.7 Å². The summed E-state index contributed by atoms with van der Waals surface area (Å²) < 4.78 is 0. The van der Waals surface area contributed by atoms with Gasteiger partial charge in [-0.15, -0.1) is 0 Å². The molecule has 0 bridgehead atoms. The summed E-state index contributed by atoms with van der Waals surface area (Å²) in [6, 6.07) is 7.31. The Bertz CT molecular complexity index is 655. The minimum Gasteiger partial charge on any atom is -0.373 e. The molecule has 6 heteroatoms. The van der Waals surface area contributed by atoms with Gasteiger partial charge in [0.25, 0.3) is 5.91 Å². The fourth-order valence-corrected chi connectivity index (χ4v) is 2.36. The topological polar surface area (TPSA) is 70.2 Å². The first-order chi connectivity index (χ1) is 11.2. The van der Waals surface area contributed by atoms with Crippen molar-refractivity contribution >= 4 is 17.5 Å². The molecule has 122 valence electrons. The van der Waals surface area contributed by atoms with Gasteiger partial charge < -0.3 is 15.5 Å². The maximum Gasteiger partial charge on any atom is 0.251 e. The van der Waals surface area contributed by atoms with Crippen molar-refractivity contribution in [2.45, 2.75) is 20.4 Å². The zero-order valence-corrected chi connectivity index (χ0v) is 13.8. The lowest BCUT2D eigenvalue weighted by molar-refractivity contribution is 0.0951. The molecule has 2 rings (SSSR count). The summed E-state index contributed by atoms with van der Waals surface area (Å²) in [5.41, 5.74) is 1.59. The van der Waals surface area contributed by atoms with Crippen molar-refractivity contribution < 1.29 is 4.79 Å². The van der Waals surface area contributed by atoms with E-state index in [1.54, 1.807) is 31.6 Å². The van der Waals surface area contributed by atoms with E-state index in [2.05, 4.69) is 39.3 Å². The number of hydrogen-bond acceptors (Lipinski definition) is 5. The monoisotopic (exact) mass is 313 g/mol. The average Bonchev–Trinajstić information content (AvgIpc) is 2.61. The number of hydrogen-bond donors (Lipinski definition) is 2. The lowest BCUT2D eigenvalue weighted by Crippen LogP contribution is -2.27. The van der Waals surface area contributed by atoms with Crippen LogP contribution in [-0.2, 0) is 6.54 Å². The first-order valence-electron chi connectivity index (χ1n) is 7.80. The van der Waals surface area contributed by atoms with Gasteiger partial charge in [-0.2, -0.15) is 0 Å². The minimum absolute atomic E-state index is 0.127. The first kappa shape index (κ1) is 16.7. The van der Waals surface area contributed by atoms with E-state index in [0.29, 0.717) is 17.9 Å². The summed E-state index contributed by atoms with van der Waals surface area (Å²) in [7, 11) is 1.77. The van der Waals surface area contributed by atoms with Crippen molar-refractivity contribution in [1.82, 2.24) is 15.3 Å². The maximum atomic E-state index is 12.3. The van der Waals surface area contributed by atoms with Crippen LogP contribution in [0.5, 0.6) is 0 Å². The van der Waals surface area contributed by atoms with Gasteiger partial charge >= 0.3 is 0 Å². The molecule has 0 aliphatic rings. The highest BCUT2D eigenvalue weighted by molar-refractivity contribution is 5.94. The summed E-state index contributed by atoms with van der Waals surface area (Å²) in [4.78, 5) is 23.0. The minimum atomic E-state index is -0.127. The van der Waals surface area contributed by atoms with Crippen molar-refractivity contribution in [3.63, 3.8) is 0 Å². The van der Waals surface area contributed by atoms with Crippen molar-refractivity contribution in [2.75, 3.05) is 30.4 Å². The molecule has 6 nitrogen and oxygen atoms in total. The third-order valence-electron chi connectivity index (χ3n) is 3.65. The second kappa shape index (κ2) is 8.12. The van der Waals surface area contributed by atoms with E-state index in [0.717, 1.165) is 24.5 Å². The molecule has 2 heterocycles. The number of anilines is 2. The molecule has 0 spiro atoms. The van der Waals surface area contributed by atoms with E-state index < -0.39 is 0 Å². The van der Waals surface area contributed by atoms with Crippen molar-refractivity contribution in [3.05, 3.63) is 47.8 Å². The number of carbonyl (C=O) groups excluding carboxylic acids is 1. The lowest BCUT2D eigenvalue weighted by Gasteiger charge is -2.22. The summed E-state index contributed by atoms with van der Waals surface area (Å²) in [5.74, 6) is 1.46. The van der Waals surface area contributed by atoms with E-state index in [9.17, 15) is 4.79 Å². The van der Waals surface area contributed by atoms with E-state index in [-0.39, 0.29) is 5.91 Å². The van der Waals surface area contributed by atoms with Gasteiger partial charge in [0.15, 0.2) is 0 Å². The van der Waals surface area contributed by atoms with E-state index in [4.69, 9.17) is 0 Å². The van der Waals surface area contributed by atoms with Gasteiger partial charge in [-0.05, 0) is 32.0 Å². The molecule has 0 aliphatic heterocycles. The van der Waals surface area contributed by atoms with Crippen LogP contribution in [0.25, 0.3) is 0 Å². The highest BCUT2D eigenvalue weighted by Gasteiger charge is 2.11. The second-order valence-corrected chi connectivity index (χ2v) is 5.02. The molecule has 0 atom stereocenters. The van der Waals surface area contributed by atoms with Crippen molar-refractivity contribution in [3.8, 4) is 0 Å². The molecule has 1 amide bonds. The van der Waals surface area contributed by atoms with Crippen LogP contribution in [-0.4, -0.2) is 36.0 Å². The molecule has 0 radical (unpaired) electrons. The number of amides is 1. The van der Waals surface area contributed by atoms with Gasteiger partial charge in [0.1, 0.15) is 11.6 Å². The molecule has 0 fully saturated rings. The second-order valence-electron chi connectivity index (χ2n) is 5.02. The Morgan fingerprint density at radius 1 is 1.17 bits per heavy atom. The summed E-state index contributed by atoms with van der Waals surface area (Å²) in [6.45, 7) is 6.39. The first-order valence-corrected chi connectivity index (χ1v) is 7.80. The quantitative estimate of drug-likeness (QED) is 0.821. The summed E-state index contributed by atoms with van der Waals surface area (Å²) >= 11 is 0. The lowest BCUT2D eigenvalue weighted by atomic mass is 10.2. The zero-order chi connectivity index (χ0) is 16.7. The number of rotatable bonds is 7. The molecule has 0 saturated carbocycles. The van der Waals surface area contributed by atoms with Crippen LogP contribution in [0.4, 0.5) is 11.6 Å². The average molecular weight is 313 g/mol. The molecular formula is C17H23N5O.